The summed E-state index contributed by atoms with van der Waals surface area (Å²) >= 11 is 0. The van der Waals surface area contributed by atoms with Crippen molar-refractivity contribution in [2.24, 2.45) is 0 Å². The van der Waals surface area contributed by atoms with Gasteiger partial charge in [-0.05, 0) is 57.6 Å². The summed E-state index contributed by atoms with van der Waals surface area (Å²) < 4.78 is 27.6. The maximum Gasteiger partial charge on any atom is 0.224 e. The van der Waals surface area contributed by atoms with E-state index in [2.05, 4.69) is 27.0 Å². The zero-order valence-electron chi connectivity index (χ0n) is 21.7. The third-order valence-electron chi connectivity index (χ3n) is 7.88. The van der Waals surface area contributed by atoms with Crippen LogP contribution < -0.4 is 10.2 Å². The number of piperidine rings is 1. The number of likely N-dealkylation sites (tertiary alicyclic amines) is 1. The Labute approximate surface area is 212 Å². The molecule has 2 atom stereocenters. The minimum absolute atomic E-state index is 0.286. The number of nitrogens with one attached hydrogen (secondary N) is 1. The molecule has 0 radical (unpaired) electrons. The van der Waals surface area contributed by atoms with Gasteiger partial charge in [-0.2, -0.15) is 4.98 Å². The second kappa shape index (κ2) is 13.2. The van der Waals surface area contributed by atoms with Gasteiger partial charge in [-0.15, -0.1) is 0 Å². The van der Waals surface area contributed by atoms with Crippen molar-refractivity contribution < 1.29 is 8.42 Å². The van der Waals surface area contributed by atoms with Gasteiger partial charge >= 0.3 is 0 Å². The average molecular weight is 507 g/mol. The summed E-state index contributed by atoms with van der Waals surface area (Å²) in [6.07, 6.45) is 15.2. The third-order valence-corrected chi connectivity index (χ3v) is 9.80. The van der Waals surface area contributed by atoms with E-state index in [0.29, 0.717) is 24.9 Å². The fraction of sp³-hybridized carbons (Fsp3) is 0.846. The van der Waals surface area contributed by atoms with E-state index in [1.54, 1.807) is 4.31 Å². The predicted molar refractivity (Wildman–Crippen MR) is 143 cm³/mol. The molecular formula is C26H46N6O2S. The molecule has 1 N–H and O–H groups in total. The minimum Gasteiger partial charge on any atom is -0.356 e. The van der Waals surface area contributed by atoms with Gasteiger partial charge in [0.15, 0.2) is 0 Å². The van der Waals surface area contributed by atoms with Gasteiger partial charge < -0.3 is 10.2 Å². The van der Waals surface area contributed by atoms with E-state index in [9.17, 15) is 8.42 Å². The second-order valence-electron chi connectivity index (χ2n) is 10.6. The number of aromatic nitrogens is 2. The highest BCUT2D eigenvalue weighted by molar-refractivity contribution is 7.89. The van der Waals surface area contributed by atoms with Crippen molar-refractivity contribution in [3.8, 4) is 0 Å². The molecule has 3 aliphatic rings. The average Bonchev–Trinajstić information content (AvgIpc) is 3.28. The lowest BCUT2D eigenvalue weighted by Gasteiger charge is -2.39. The van der Waals surface area contributed by atoms with Crippen molar-refractivity contribution in [3.63, 3.8) is 0 Å². The highest BCUT2D eigenvalue weighted by Gasteiger charge is 2.33. The zero-order valence-corrected chi connectivity index (χ0v) is 22.5. The third kappa shape index (κ3) is 7.76. The van der Waals surface area contributed by atoms with Crippen molar-refractivity contribution in [2.45, 2.75) is 96.1 Å². The molecule has 1 aromatic heterocycles. The smallest absolute Gasteiger partial charge is 0.224 e. The van der Waals surface area contributed by atoms with E-state index >= 15 is 0 Å². The molecule has 3 saturated heterocycles. The molecule has 35 heavy (non-hydrogen) atoms. The first-order valence-corrected chi connectivity index (χ1v) is 15.7. The summed E-state index contributed by atoms with van der Waals surface area (Å²) in [6.45, 7) is 7.55. The summed E-state index contributed by atoms with van der Waals surface area (Å²) in [7, 11) is -3.15. The topological polar surface area (TPSA) is 81.7 Å². The van der Waals surface area contributed by atoms with Crippen molar-refractivity contribution in [1.82, 2.24) is 19.2 Å². The van der Waals surface area contributed by atoms with Crippen LogP contribution in [0.5, 0.6) is 0 Å². The molecule has 3 fully saturated rings. The molecule has 0 aliphatic carbocycles. The Kier molecular flexibility index (Phi) is 10.0. The van der Waals surface area contributed by atoms with Gasteiger partial charge in [0.25, 0.3) is 0 Å². The highest BCUT2D eigenvalue weighted by Crippen LogP contribution is 2.24. The highest BCUT2D eigenvalue weighted by atomic mass is 32.2. The SMILES string of the molecule is CCCCCS(=O)(=O)N1CCCC(N2CCCCC(Nc3nccc(N4CCCCCC4)n3)C2)C1. The van der Waals surface area contributed by atoms with Crippen molar-refractivity contribution in [3.05, 3.63) is 12.3 Å². The molecular weight excluding hydrogens is 460 g/mol. The molecule has 8 nitrogen and oxygen atoms in total. The van der Waals surface area contributed by atoms with Crippen LogP contribution in [0.15, 0.2) is 12.3 Å². The molecule has 0 bridgehead atoms. The molecule has 2 unspecified atom stereocenters. The summed E-state index contributed by atoms with van der Waals surface area (Å²) in [5.41, 5.74) is 0. The van der Waals surface area contributed by atoms with E-state index < -0.39 is 10.0 Å². The number of rotatable bonds is 9. The van der Waals surface area contributed by atoms with E-state index in [-0.39, 0.29) is 6.04 Å². The van der Waals surface area contributed by atoms with Crippen LogP contribution in [0, 0.1) is 0 Å². The fourth-order valence-corrected chi connectivity index (χ4v) is 7.47. The first-order valence-electron chi connectivity index (χ1n) is 14.1. The molecule has 1 aromatic rings. The van der Waals surface area contributed by atoms with Gasteiger partial charge in [0.05, 0.1) is 5.75 Å². The number of hydrogen-bond acceptors (Lipinski definition) is 7. The standard InChI is InChI=1S/C26H46N6O2S/c1-2-3-10-20-35(33,34)32-19-11-13-24(22-32)31-18-9-6-12-23(21-31)28-26-27-15-14-25(29-26)30-16-7-4-5-8-17-30/h14-15,23-24H,2-13,16-22H2,1H3,(H,27,28,29). The van der Waals surface area contributed by atoms with Crippen LogP contribution >= 0.6 is 0 Å². The normalized spacial score (nSPS) is 25.7. The van der Waals surface area contributed by atoms with Crippen LogP contribution in [0.1, 0.15) is 84.0 Å². The van der Waals surface area contributed by atoms with Gasteiger partial charge in [0.2, 0.25) is 16.0 Å². The number of sulfonamides is 1. The molecule has 0 saturated carbocycles. The van der Waals surface area contributed by atoms with Gasteiger partial charge in [0, 0.05) is 51.0 Å². The quantitative estimate of drug-likeness (QED) is 0.505. The Hall–Kier alpha value is -1.45. The van der Waals surface area contributed by atoms with Crippen LogP contribution in [-0.2, 0) is 10.0 Å². The monoisotopic (exact) mass is 506 g/mol. The van der Waals surface area contributed by atoms with Crippen molar-refractivity contribution >= 4 is 21.8 Å². The molecule has 3 aliphatic heterocycles. The van der Waals surface area contributed by atoms with Crippen LogP contribution in [0.2, 0.25) is 0 Å². The van der Waals surface area contributed by atoms with Crippen molar-refractivity contribution in [2.75, 3.05) is 55.2 Å². The maximum atomic E-state index is 12.9. The lowest BCUT2D eigenvalue weighted by atomic mass is 10.1. The number of unbranched alkanes of at least 4 members (excludes halogenated alkanes) is 2. The molecule has 9 heteroatoms. The summed E-state index contributed by atoms with van der Waals surface area (Å²) in [5.74, 6) is 2.05. The zero-order chi connectivity index (χ0) is 24.5. The van der Waals surface area contributed by atoms with E-state index in [1.165, 1.54) is 32.1 Å². The molecule has 0 amide bonds. The first-order chi connectivity index (χ1) is 17.0. The lowest BCUT2D eigenvalue weighted by molar-refractivity contribution is 0.136. The maximum absolute atomic E-state index is 12.9. The van der Waals surface area contributed by atoms with Crippen LogP contribution in [0.4, 0.5) is 11.8 Å². The first kappa shape index (κ1) is 26.6. The van der Waals surface area contributed by atoms with Crippen molar-refractivity contribution in [1.29, 1.82) is 0 Å². The molecule has 4 heterocycles. The van der Waals surface area contributed by atoms with Gasteiger partial charge in [-0.25, -0.2) is 17.7 Å². The second-order valence-corrected chi connectivity index (χ2v) is 12.7. The largest absolute Gasteiger partial charge is 0.356 e. The van der Waals surface area contributed by atoms with Crippen LogP contribution in [-0.4, -0.2) is 84.7 Å². The number of anilines is 2. The Morgan fingerprint density at radius 1 is 0.943 bits per heavy atom. The molecule has 0 spiro atoms. The van der Waals surface area contributed by atoms with Gasteiger partial charge in [-0.1, -0.05) is 39.0 Å². The van der Waals surface area contributed by atoms with Crippen LogP contribution in [0.25, 0.3) is 0 Å². The summed E-state index contributed by atoms with van der Waals surface area (Å²) in [6, 6.07) is 2.62. The van der Waals surface area contributed by atoms with E-state index in [0.717, 1.165) is 82.9 Å². The van der Waals surface area contributed by atoms with Gasteiger partial charge in [-0.3, -0.25) is 4.90 Å². The number of hydrogen-bond donors (Lipinski definition) is 1. The van der Waals surface area contributed by atoms with E-state index in [4.69, 9.17) is 4.98 Å². The molecule has 0 aromatic carbocycles. The number of nitrogens with zero attached hydrogens (tertiary/aromatic N) is 5. The lowest BCUT2D eigenvalue weighted by Crippen LogP contribution is -2.52. The van der Waals surface area contributed by atoms with Crippen LogP contribution in [0.3, 0.4) is 0 Å². The minimum atomic E-state index is -3.15. The van der Waals surface area contributed by atoms with E-state index in [1.807, 2.05) is 12.3 Å². The Morgan fingerprint density at radius 3 is 2.54 bits per heavy atom. The predicted octanol–water partition coefficient (Wildman–Crippen LogP) is 4.11. The fourth-order valence-electron chi connectivity index (χ4n) is 5.83. The Balaban J connectivity index is 1.36. The Morgan fingerprint density at radius 2 is 1.74 bits per heavy atom. The summed E-state index contributed by atoms with van der Waals surface area (Å²) in [4.78, 5) is 14.4. The van der Waals surface area contributed by atoms with Gasteiger partial charge in [0.1, 0.15) is 5.82 Å². The molecule has 4 rings (SSSR count). The summed E-state index contributed by atoms with van der Waals surface area (Å²) in [5, 5.41) is 3.64. The Bertz CT molecular complexity index is 874. The molecule has 198 valence electrons.